The van der Waals surface area contributed by atoms with Gasteiger partial charge in [0.05, 0.1) is 12.1 Å². The van der Waals surface area contributed by atoms with Crippen molar-refractivity contribution in [3.05, 3.63) is 0 Å². The lowest BCUT2D eigenvalue weighted by molar-refractivity contribution is -0.141. The summed E-state index contributed by atoms with van der Waals surface area (Å²) in [5.41, 5.74) is -0.822. The van der Waals surface area contributed by atoms with Crippen LogP contribution in [0.1, 0.15) is 39.5 Å². The summed E-state index contributed by atoms with van der Waals surface area (Å²) < 4.78 is 5.08. The van der Waals surface area contributed by atoms with Crippen LogP contribution in [0, 0.1) is 0 Å². The number of methoxy groups -OCH3 is 1. The van der Waals surface area contributed by atoms with Gasteiger partial charge in [-0.3, -0.25) is 4.79 Å². The van der Waals surface area contributed by atoms with Crippen LogP contribution in [0.4, 0.5) is 0 Å². The minimum atomic E-state index is -0.822. The molecule has 0 aromatic heterocycles. The smallest absolute Gasteiger partial charge is 0.251 e. The Hall–Kier alpha value is -0.610. The highest BCUT2D eigenvalue weighted by atomic mass is 16.5. The molecule has 0 aliphatic heterocycles. The minimum absolute atomic E-state index is 0.110. The van der Waals surface area contributed by atoms with Crippen LogP contribution in [-0.2, 0) is 9.53 Å². The number of aliphatic hydroxyl groups is 1. The lowest BCUT2D eigenvalue weighted by atomic mass is 9.92. The molecule has 1 saturated carbocycles. The van der Waals surface area contributed by atoms with Crippen molar-refractivity contribution in [1.82, 2.24) is 5.32 Å². The highest BCUT2D eigenvalue weighted by Crippen LogP contribution is 2.19. The molecule has 2 N–H and O–H groups in total. The number of aliphatic hydroxyl groups excluding tert-OH is 1. The molecule has 1 rings (SSSR count). The van der Waals surface area contributed by atoms with Gasteiger partial charge < -0.3 is 15.2 Å². The molecule has 0 heterocycles. The summed E-state index contributed by atoms with van der Waals surface area (Å²) in [5.74, 6) is -0.157. The predicted molar refractivity (Wildman–Crippen MR) is 57.5 cm³/mol. The molecule has 0 unspecified atom stereocenters. The topological polar surface area (TPSA) is 58.6 Å². The van der Waals surface area contributed by atoms with Crippen LogP contribution in [0.5, 0.6) is 0 Å². The molecular formula is C11H21NO3. The molecule has 1 aliphatic carbocycles. The monoisotopic (exact) mass is 215 g/mol. The molecule has 0 bridgehead atoms. The Bertz CT molecular complexity index is 228. The maximum atomic E-state index is 11.8. The Morgan fingerprint density at radius 1 is 1.40 bits per heavy atom. The molecule has 0 aromatic carbocycles. The maximum absolute atomic E-state index is 11.8. The van der Waals surface area contributed by atoms with E-state index in [1.54, 1.807) is 13.8 Å². The van der Waals surface area contributed by atoms with Crippen molar-refractivity contribution in [2.24, 2.45) is 0 Å². The van der Waals surface area contributed by atoms with Crippen LogP contribution < -0.4 is 5.32 Å². The third-order valence-electron chi connectivity index (χ3n) is 3.10. The normalized spacial score (nSPS) is 27.5. The number of ether oxygens (including phenoxy) is 1. The highest BCUT2D eigenvalue weighted by molar-refractivity contribution is 5.84. The minimum Gasteiger partial charge on any atom is -0.391 e. The maximum Gasteiger partial charge on any atom is 0.251 e. The molecule has 0 radical (unpaired) electrons. The van der Waals surface area contributed by atoms with E-state index in [1.807, 2.05) is 0 Å². The summed E-state index contributed by atoms with van der Waals surface area (Å²) in [6.07, 6.45) is 3.33. The summed E-state index contributed by atoms with van der Waals surface area (Å²) in [5, 5.41) is 12.5. The summed E-state index contributed by atoms with van der Waals surface area (Å²) in [6.45, 7) is 3.44. The van der Waals surface area contributed by atoms with Crippen molar-refractivity contribution in [3.63, 3.8) is 0 Å². The van der Waals surface area contributed by atoms with Gasteiger partial charge in [-0.1, -0.05) is 12.8 Å². The summed E-state index contributed by atoms with van der Waals surface area (Å²) in [4.78, 5) is 11.8. The molecular weight excluding hydrogens is 194 g/mol. The van der Waals surface area contributed by atoms with Crippen LogP contribution in [0.2, 0.25) is 0 Å². The average molecular weight is 215 g/mol. The molecule has 0 spiro atoms. The van der Waals surface area contributed by atoms with E-state index in [2.05, 4.69) is 5.32 Å². The first-order valence-electron chi connectivity index (χ1n) is 5.51. The lowest BCUT2D eigenvalue weighted by Crippen LogP contribution is -2.52. The molecule has 4 nitrogen and oxygen atoms in total. The van der Waals surface area contributed by atoms with Gasteiger partial charge in [-0.25, -0.2) is 0 Å². The molecule has 0 saturated heterocycles. The van der Waals surface area contributed by atoms with Gasteiger partial charge in [0.15, 0.2) is 0 Å². The average Bonchev–Trinajstić information content (AvgIpc) is 2.21. The van der Waals surface area contributed by atoms with Gasteiger partial charge in [-0.05, 0) is 26.7 Å². The fraction of sp³-hybridized carbons (Fsp3) is 0.909. The van der Waals surface area contributed by atoms with Crippen molar-refractivity contribution < 1.29 is 14.6 Å². The van der Waals surface area contributed by atoms with Gasteiger partial charge >= 0.3 is 0 Å². The SMILES string of the molecule is COC(C)(C)C(=O)N[C@@H]1CCCC[C@H]1O. The Morgan fingerprint density at radius 2 is 2.00 bits per heavy atom. The molecule has 2 atom stereocenters. The Morgan fingerprint density at radius 3 is 2.53 bits per heavy atom. The molecule has 1 amide bonds. The second-order valence-corrected chi connectivity index (χ2v) is 4.65. The van der Waals surface area contributed by atoms with Crippen molar-refractivity contribution in [3.8, 4) is 0 Å². The number of rotatable bonds is 3. The third kappa shape index (κ3) is 3.18. The zero-order valence-electron chi connectivity index (χ0n) is 9.75. The van der Waals surface area contributed by atoms with E-state index >= 15 is 0 Å². The van der Waals surface area contributed by atoms with E-state index in [9.17, 15) is 9.90 Å². The zero-order chi connectivity index (χ0) is 11.5. The molecule has 4 heteroatoms. The quantitative estimate of drug-likeness (QED) is 0.733. The van der Waals surface area contributed by atoms with Crippen LogP contribution in [-0.4, -0.2) is 35.9 Å². The molecule has 88 valence electrons. The summed E-state index contributed by atoms with van der Waals surface area (Å²) in [6, 6.07) is -0.110. The van der Waals surface area contributed by atoms with Crippen molar-refractivity contribution >= 4 is 5.91 Å². The molecule has 1 fully saturated rings. The molecule has 0 aromatic rings. The van der Waals surface area contributed by atoms with Gasteiger partial charge in [0, 0.05) is 7.11 Å². The van der Waals surface area contributed by atoms with E-state index in [0.29, 0.717) is 0 Å². The van der Waals surface area contributed by atoms with Gasteiger partial charge in [-0.15, -0.1) is 0 Å². The third-order valence-corrected chi connectivity index (χ3v) is 3.10. The van der Waals surface area contributed by atoms with Crippen molar-refractivity contribution in [2.75, 3.05) is 7.11 Å². The second-order valence-electron chi connectivity index (χ2n) is 4.65. The number of amides is 1. The zero-order valence-corrected chi connectivity index (χ0v) is 9.75. The van der Waals surface area contributed by atoms with Crippen LogP contribution >= 0.6 is 0 Å². The fourth-order valence-electron chi connectivity index (χ4n) is 1.71. The van der Waals surface area contributed by atoms with Crippen LogP contribution in [0.3, 0.4) is 0 Å². The first-order valence-corrected chi connectivity index (χ1v) is 5.51. The molecule has 15 heavy (non-hydrogen) atoms. The van der Waals surface area contributed by atoms with E-state index in [-0.39, 0.29) is 11.9 Å². The fourth-order valence-corrected chi connectivity index (χ4v) is 1.71. The Labute approximate surface area is 91.0 Å². The highest BCUT2D eigenvalue weighted by Gasteiger charge is 2.31. The Balaban J connectivity index is 2.50. The Kier molecular flexibility index (Phi) is 4.11. The van der Waals surface area contributed by atoms with Crippen LogP contribution in [0.25, 0.3) is 0 Å². The van der Waals surface area contributed by atoms with E-state index in [1.165, 1.54) is 7.11 Å². The number of nitrogens with one attached hydrogen (secondary N) is 1. The number of carbonyl (C=O) groups excluding carboxylic acids is 1. The van der Waals surface area contributed by atoms with E-state index < -0.39 is 11.7 Å². The summed E-state index contributed by atoms with van der Waals surface area (Å²) >= 11 is 0. The summed E-state index contributed by atoms with van der Waals surface area (Å²) in [7, 11) is 1.51. The number of carbonyl (C=O) groups is 1. The molecule has 1 aliphatic rings. The standard InChI is InChI=1S/C11H21NO3/c1-11(2,15-3)10(14)12-8-6-4-5-7-9(8)13/h8-9,13H,4-7H2,1-3H3,(H,12,14)/t8-,9-/m1/s1. The largest absolute Gasteiger partial charge is 0.391 e. The van der Waals surface area contributed by atoms with Crippen molar-refractivity contribution in [2.45, 2.75) is 57.3 Å². The number of hydrogen-bond donors (Lipinski definition) is 2. The van der Waals surface area contributed by atoms with Gasteiger partial charge in [-0.2, -0.15) is 0 Å². The van der Waals surface area contributed by atoms with E-state index in [0.717, 1.165) is 25.7 Å². The lowest BCUT2D eigenvalue weighted by Gasteiger charge is -2.31. The van der Waals surface area contributed by atoms with Gasteiger partial charge in [0.25, 0.3) is 5.91 Å². The van der Waals surface area contributed by atoms with Crippen LogP contribution in [0.15, 0.2) is 0 Å². The first-order chi connectivity index (χ1) is 6.97. The second kappa shape index (κ2) is 4.94. The predicted octanol–water partition coefficient (Wildman–Crippen LogP) is 0.831. The van der Waals surface area contributed by atoms with Gasteiger partial charge in [0.2, 0.25) is 0 Å². The van der Waals surface area contributed by atoms with Crippen molar-refractivity contribution in [1.29, 1.82) is 0 Å². The number of hydrogen-bond acceptors (Lipinski definition) is 3. The van der Waals surface area contributed by atoms with Gasteiger partial charge in [0.1, 0.15) is 5.60 Å². The van der Waals surface area contributed by atoms with E-state index in [4.69, 9.17) is 4.74 Å². The first kappa shape index (κ1) is 12.5.